The molecule has 2 N–H and O–H groups in total. The highest BCUT2D eigenvalue weighted by Gasteiger charge is 2.15. The summed E-state index contributed by atoms with van der Waals surface area (Å²) in [5.41, 5.74) is 3.87. The van der Waals surface area contributed by atoms with Crippen molar-refractivity contribution in [2.24, 2.45) is 15.9 Å². The maximum Gasteiger partial charge on any atom is 0.310 e. The highest BCUT2D eigenvalue weighted by Crippen LogP contribution is 2.27. The van der Waals surface area contributed by atoms with Crippen molar-refractivity contribution in [3.8, 4) is 5.82 Å². The summed E-state index contributed by atoms with van der Waals surface area (Å²) in [5.74, 6) is 5.82. The third-order valence-corrected chi connectivity index (χ3v) is 6.02. The Balaban J connectivity index is 1.52. The first-order valence-electron chi connectivity index (χ1n) is 9.95. The smallest absolute Gasteiger partial charge is 0.310 e. The minimum Gasteiger partial charge on any atom is -0.364 e. The minimum absolute atomic E-state index is 0.0244. The number of ether oxygens (including phenoxy) is 1. The summed E-state index contributed by atoms with van der Waals surface area (Å²) in [5, 5.41) is 8.08. The average Bonchev–Trinajstić information content (AvgIpc) is 3.42. The molecule has 9 nitrogen and oxygen atoms in total. The van der Waals surface area contributed by atoms with Crippen molar-refractivity contribution in [2.75, 3.05) is 7.11 Å². The van der Waals surface area contributed by atoms with Crippen LogP contribution in [-0.2, 0) is 18.0 Å². The zero-order chi connectivity index (χ0) is 22.5. The van der Waals surface area contributed by atoms with E-state index in [1.54, 1.807) is 28.8 Å². The number of fused-ring (bicyclic) bond motifs is 1. The first-order valence-corrected chi connectivity index (χ1v) is 10.8. The van der Waals surface area contributed by atoms with Crippen LogP contribution in [0.1, 0.15) is 29.7 Å². The maximum absolute atomic E-state index is 12.2. The lowest BCUT2D eigenvalue weighted by molar-refractivity contribution is 0.133. The zero-order valence-electron chi connectivity index (χ0n) is 17.8. The first kappa shape index (κ1) is 21.6. The molecule has 4 aromatic rings. The Morgan fingerprint density at radius 2 is 2.12 bits per heavy atom. The molecule has 3 aromatic heterocycles. The molecule has 1 unspecified atom stereocenters. The van der Waals surface area contributed by atoms with Gasteiger partial charge in [-0.2, -0.15) is 10.2 Å². The summed E-state index contributed by atoms with van der Waals surface area (Å²) in [6, 6.07) is 11.9. The largest absolute Gasteiger partial charge is 0.364 e. The van der Waals surface area contributed by atoms with Crippen LogP contribution in [0.15, 0.2) is 63.7 Å². The van der Waals surface area contributed by atoms with E-state index in [0.717, 1.165) is 32.9 Å². The summed E-state index contributed by atoms with van der Waals surface area (Å²) in [7, 11) is 1.58. The summed E-state index contributed by atoms with van der Waals surface area (Å²) in [6.45, 7) is 2.85. The van der Waals surface area contributed by atoms with E-state index >= 15 is 0 Å². The standard InChI is InChI=1S/C22H23N7O2S/c1-15(17-4-5-19-20(11-17)32-22(30)28(19)14-31-2)18-7-10-29(27-18)21-6-3-16(13-25-21)12-24-8-9-26-23/h3-11,13,15H,12,14,23H2,1-2H3. The van der Waals surface area contributed by atoms with E-state index in [0.29, 0.717) is 6.54 Å². The lowest BCUT2D eigenvalue weighted by atomic mass is 9.98. The number of pyridine rings is 1. The Morgan fingerprint density at radius 1 is 1.25 bits per heavy atom. The fourth-order valence-electron chi connectivity index (χ4n) is 3.36. The zero-order valence-corrected chi connectivity index (χ0v) is 18.6. The lowest BCUT2D eigenvalue weighted by Gasteiger charge is -2.10. The minimum atomic E-state index is -0.0244. The Morgan fingerprint density at radius 3 is 2.88 bits per heavy atom. The SMILES string of the molecule is COCn1c(=O)sc2cc(C(C)c3ccn(-c4ccc(CN=CC=NN)cn4)n3)ccc21. The Hall–Kier alpha value is -3.63. The number of rotatable bonds is 8. The quantitative estimate of drug-likeness (QED) is 0.252. The van der Waals surface area contributed by atoms with Crippen LogP contribution in [0.2, 0.25) is 0 Å². The number of benzene rings is 1. The van der Waals surface area contributed by atoms with Crippen molar-refractivity contribution in [3.63, 3.8) is 0 Å². The van der Waals surface area contributed by atoms with Gasteiger partial charge in [0.15, 0.2) is 5.82 Å². The second kappa shape index (κ2) is 9.67. The van der Waals surface area contributed by atoms with E-state index in [4.69, 9.17) is 15.7 Å². The van der Waals surface area contributed by atoms with Gasteiger partial charge in [-0.1, -0.05) is 30.4 Å². The molecule has 10 heteroatoms. The number of aliphatic imine (C=N–C) groups is 1. The fourth-order valence-corrected chi connectivity index (χ4v) is 4.29. The van der Waals surface area contributed by atoms with Crippen molar-refractivity contribution >= 4 is 34.0 Å². The molecular formula is C22H23N7O2S. The summed E-state index contributed by atoms with van der Waals surface area (Å²) >= 11 is 1.23. The molecule has 164 valence electrons. The predicted molar refractivity (Wildman–Crippen MR) is 127 cm³/mol. The van der Waals surface area contributed by atoms with E-state index in [9.17, 15) is 4.79 Å². The summed E-state index contributed by atoms with van der Waals surface area (Å²) in [4.78, 5) is 20.9. The van der Waals surface area contributed by atoms with Gasteiger partial charge in [-0.05, 0) is 35.4 Å². The number of thiazole rings is 1. The van der Waals surface area contributed by atoms with Crippen LogP contribution in [0.3, 0.4) is 0 Å². The number of nitrogens with zero attached hydrogens (tertiary/aromatic N) is 6. The molecule has 0 radical (unpaired) electrons. The van der Waals surface area contributed by atoms with E-state index in [-0.39, 0.29) is 17.5 Å². The maximum atomic E-state index is 12.2. The second-order valence-corrected chi connectivity index (χ2v) is 8.15. The van der Waals surface area contributed by atoms with E-state index in [1.807, 2.05) is 36.5 Å². The van der Waals surface area contributed by atoms with Crippen LogP contribution < -0.4 is 10.7 Å². The van der Waals surface area contributed by atoms with Crippen LogP contribution in [-0.4, -0.2) is 38.9 Å². The highest BCUT2D eigenvalue weighted by molar-refractivity contribution is 7.16. The van der Waals surface area contributed by atoms with Gasteiger partial charge in [0, 0.05) is 31.6 Å². The molecule has 0 aliphatic carbocycles. The van der Waals surface area contributed by atoms with Crippen LogP contribution in [0.4, 0.5) is 0 Å². The van der Waals surface area contributed by atoms with Crippen LogP contribution in [0, 0.1) is 0 Å². The predicted octanol–water partition coefficient (Wildman–Crippen LogP) is 2.91. The molecule has 0 aliphatic rings. The van der Waals surface area contributed by atoms with Crippen LogP contribution >= 0.6 is 11.3 Å². The first-order chi connectivity index (χ1) is 15.6. The number of hydrogen-bond donors (Lipinski definition) is 1. The second-order valence-electron chi connectivity index (χ2n) is 7.16. The molecule has 0 saturated carbocycles. The average molecular weight is 450 g/mol. The Labute approximate surface area is 188 Å². The van der Waals surface area contributed by atoms with E-state index in [1.165, 1.54) is 17.6 Å². The van der Waals surface area contributed by atoms with Gasteiger partial charge in [-0.25, -0.2) is 9.67 Å². The summed E-state index contributed by atoms with van der Waals surface area (Å²) < 4.78 is 9.47. The molecular weight excluding hydrogens is 426 g/mol. The monoisotopic (exact) mass is 449 g/mol. The molecule has 3 heterocycles. The number of methoxy groups -OCH3 is 1. The van der Waals surface area contributed by atoms with Gasteiger partial charge < -0.3 is 10.6 Å². The third kappa shape index (κ3) is 4.51. The van der Waals surface area contributed by atoms with Crippen molar-refractivity contribution in [3.05, 3.63) is 75.3 Å². The number of aromatic nitrogens is 4. The van der Waals surface area contributed by atoms with Gasteiger partial charge in [-0.3, -0.25) is 14.4 Å². The third-order valence-electron chi connectivity index (χ3n) is 5.08. The molecule has 1 aromatic carbocycles. The Bertz CT molecular complexity index is 1320. The van der Waals surface area contributed by atoms with Gasteiger partial charge >= 0.3 is 4.87 Å². The molecule has 0 amide bonds. The molecule has 0 fully saturated rings. The van der Waals surface area contributed by atoms with Gasteiger partial charge in [-0.15, -0.1) is 0 Å². The van der Waals surface area contributed by atoms with Crippen LogP contribution in [0.25, 0.3) is 16.0 Å². The van der Waals surface area contributed by atoms with E-state index in [2.05, 4.69) is 28.1 Å². The molecule has 0 spiro atoms. The highest BCUT2D eigenvalue weighted by atomic mass is 32.1. The molecule has 4 rings (SSSR count). The molecule has 0 bridgehead atoms. The van der Waals surface area contributed by atoms with Gasteiger partial charge in [0.25, 0.3) is 0 Å². The van der Waals surface area contributed by atoms with Gasteiger partial charge in [0.2, 0.25) is 0 Å². The van der Waals surface area contributed by atoms with Crippen molar-refractivity contribution in [1.82, 2.24) is 19.3 Å². The van der Waals surface area contributed by atoms with Gasteiger partial charge in [0.05, 0.1) is 28.7 Å². The normalized spacial score (nSPS) is 12.9. The number of nitrogens with two attached hydrogens (primary N) is 1. The summed E-state index contributed by atoms with van der Waals surface area (Å²) in [6.07, 6.45) is 6.66. The number of hydrogen-bond acceptors (Lipinski definition) is 8. The lowest BCUT2D eigenvalue weighted by Crippen LogP contribution is -2.13. The van der Waals surface area contributed by atoms with E-state index < -0.39 is 0 Å². The van der Waals surface area contributed by atoms with Crippen LogP contribution in [0.5, 0.6) is 0 Å². The molecule has 1 atom stereocenters. The molecule has 32 heavy (non-hydrogen) atoms. The fraction of sp³-hybridized carbons (Fsp3) is 0.227. The van der Waals surface area contributed by atoms with Crippen molar-refractivity contribution in [2.45, 2.75) is 26.1 Å². The van der Waals surface area contributed by atoms with Gasteiger partial charge in [0.1, 0.15) is 6.73 Å². The van der Waals surface area contributed by atoms with Crippen molar-refractivity contribution < 1.29 is 4.74 Å². The Kier molecular flexibility index (Phi) is 6.52. The number of hydrazone groups is 1. The van der Waals surface area contributed by atoms with Crippen molar-refractivity contribution in [1.29, 1.82) is 0 Å². The molecule has 0 saturated heterocycles. The molecule has 0 aliphatic heterocycles. The topological polar surface area (TPSA) is 113 Å².